The summed E-state index contributed by atoms with van der Waals surface area (Å²) in [5, 5.41) is 18.7. The summed E-state index contributed by atoms with van der Waals surface area (Å²) < 4.78 is 8.24. The maximum absolute atomic E-state index is 11.7. The van der Waals surface area contributed by atoms with Crippen LogP contribution in [0, 0.1) is 0 Å². The van der Waals surface area contributed by atoms with Gasteiger partial charge in [0.15, 0.2) is 0 Å². The molecule has 8 heteroatoms. The molecule has 1 fully saturated rings. The molecule has 19 heavy (non-hydrogen) atoms. The molecule has 0 bridgehead atoms. The molecular formula is C11H13IN2O5. The lowest BCUT2D eigenvalue weighted by atomic mass is 10.2. The molecule has 0 aromatic carbocycles. The van der Waals surface area contributed by atoms with Crippen LogP contribution in [0.1, 0.15) is 18.2 Å². The maximum atomic E-state index is 11.7. The molecule has 1 unspecified atom stereocenters. The van der Waals surface area contributed by atoms with Crippen molar-refractivity contribution < 1.29 is 14.9 Å². The molecular weight excluding hydrogens is 367 g/mol. The topological polar surface area (TPSA) is 105 Å². The molecule has 1 aliphatic rings. The summed E-state index contributed by atoms with van der Waals surface area (Å²) in [6.45, 7) is -0.323. The highest BCUT2D eigenvalue weighted by Crippen LogP contribution is 2.27. The van der Waals surface area contributed by atoms with E-state index in [4.69, 9.17) is 9.84 Å². The molecule has 3 N–H and O–H groups in total. The van der Waals surface area contributed by atoms with E-state index >= 15 is 0 Å². The quantitative estimate of drug-likeness (QED) is 0.619. The van der Waals surface area contributed by atoms with Crippen LogP contribution in [0.2, 0.25) is 0 Å². The smallest absolute Gasteiger partial charge is 0.330 e. The largest absolute Gasteiger partial charge is 0.394 e. The van der Waals surface area contributed by atoms with Crippen LogP contribution in [0.3, 0.4) is 0 Å². The van der Waals surface area contributed by atoms with E-state index in [1.54, 1.807) is 10.2 Å². The van der Waals surface area contributed by atoms with E-state index in [9.17, 15) is 14.7 Å². The lowest BCUT2D eigenvalue weighted by molar-refractivity contribution is -0.0459. The SMILES string of the molecule is O=c1[nH]c(=O)n(C2C[C@H](O)[C@@H](CO)O2)cc1/C=C\I. The van der Waals surface area contributed by atoms with E-state index in [1.165, 1.54) is 10.8 Å². The second-order valence-electron chi connectivity index (χ2n) is 4.16. The summed E-state index contributed by atoms with van der Waals surface area (Å²) in [7, 11) is 0. The summed E-state index contributed by atoms with van der Waals surface area (Å²) >= 11 is 1.96. The normalized spacial score (nSPS) is 27.2. The number of hydrogen-bond acceptors (Lipinski definition) is 5. The first-order valence-corrected chi connectivity index (χ1v) is 6.88. The number of hydrogen-bond donors (Lipinski definition) is 3. The molecule has 1 saturated heterocycles. The Bertz CT molecular complexity index is 593. The summed E-state index contributed by atoms with van der Waals surface area (Å²) in [6, 6.07) is 0. The molecule has 0 radical (unpaired) electrons. The number of halogens is 1. The Hall–Kier alpha value is -0.970. The highest BCUT2D eigenvalue weighted by molar-refractivity contribution is 14.1. The Balaban J connectivity index is 2.38. The minimum Gasteiger partial charge on any atom is -0.394 e. The van der Waals surface area contributed by atoms with Gasteiger partial charge >= 0.3 is 5.69 Å². The zero-order valence-electron chi connectivity index (χ0n) is 9.82. The number of aliphatic hydroxyl groups is 2. The minimum absolute atomic E-state index is 0.185. The third-order valence-corrected chi connectivity index (χ3v) is 3.29. The van der Waals surface area contributed by atoms with Gasteiger partial charge in [-0.15, -0.1) is 0 Å². The fraction of sp³-hybridized carbons (Fsp3) is 0.455. The number of nitrogens with one attached hydrogen (secondary N) is 1. The second kappa shape index (κ2) is 5.99. The van der Waals surface area contributed by atoms with Gasteiger partial charge in [0, 0.05) is 12.6 Å². The first-order chi connectivity index (χ1) is 9.06. The Labute approximate surface area is 121 Å². The first-order valence-electron chi connectivity index (χ1n) is 5.63. The Morgan fingerprint density at radius 2 is 2.32 bits per heavy atom. The van der Waals surface area contributed by atoms with E-state index in [-0.39, 0.29) is 13.0 Å². The van der Waals surface area contributed by atoms with Crippen LogP contribution >= 0.6 is 22.6 Å². The highest BCUT2D eigenvalue weighted by atomic mass is 127. The molecule has 2 heterocycles. The van der Waals surface area contributed by atoms with Crippen molar-refractivity contribution in [1.82, 2.24) is 9.55 Å². The fourth-order valence-corrected chi connectivity index (χ4v) is 2.34. The Kier molecular flexibility index (Phi) is 4.55. The van der Waals surface area contributed by atoms with Gasteiger partial charge in [0.05, 0.1) is 18.3 Å². The molecule has 7 nitrogen and oxygen atoms in total. The van der Waals surface area contributed by atoms with Crippen LogP contribution in [0.25, 0.3) is 6.08 Å². The van der Waals surface area contributed by atoms with Crippen molar-refractivity contribution in [1.29, 1.82) is 0 Å². The number of aliphatic hydroxyl groups excluding tert-OH is 2. The lowest BCUT2D eigenvalue weighted by Crippen LogP contribution is -2.33. The number of rotatable bonds is 3. The van der Waals surface area contributed by atoms with Crippen LogP contribution in [-0.4, -0.2) is 38.6 Å². The summed E-state index contributed by atoms with van der Waals surface area (Å²) in [5.74, 6) is 0. The molecule has 0 aliphatic carbocycles. The van der Waals surface area contributed by atoms with Crippen molar-refractivity contribution >= 4 is 28.7 Å². The van der Waals surface area contributed by atoms with Crippen molar-refractivity contribution in [3.8, 4) is 0 Å². The Morgan fingerprint density at radius 1 is 1.58 bits per heavy atom. The molecule has 104 valence electrons. The molecule has 1 aliphatic heterocycles. The van der Waals surface area contributed by atoms with Gasteiger partial charge in [0.25, 0.3) is 5.56 Å². The number of aromatic amines is 1. The summed E-state index contributed by atoms with van der Waals surface area (Å²) in [5.41, 5.74) is -0.766. The zero-order valence-corrected chi connectivity index (χ0v) is 12.0. The van der Waals surface area contributed by atoms with Crippen molar-refractivity contribution in [2.45, 2.75) is 24.9 Å². The number of aromatic nitrogens is 2. The van der Waals surface area contributed by atoms with Gasteiger partial charge in [-0.1, -0.05) is 22.6 Å². The van der Waals surface area contributed by atoms with Gasteiger partial charge in [-0.2, -0.15) is 0 Å². The fourth-order valence-electron chi connectivity index (χ4n) is 1.95. The molecule has 1 aromatic rings. The van der Waals surface area contributed by atoms with Crippen molar-refractivity contribution in [2.24, 2.45) is 0 Å². The van der Waals surface area contributed by atoms with Crippen LogP contribution in [-0.2, 0) is 4.74 Å². The molecule has 0 saturated carbocycles. The number of H-pyrrole nitrogens is 1. The van der Waals surface area contributed by atoms with Gasteiger partial charge in [-0.3, -0.25) is 14.3 Å². The molecule has 3 atom stereocenters. The van der Waals surface area contributed by atoms with Gasteiger partial charge in [0.1, 0.15) is 12.3 Å². The third-order valence-electron chi connectivity index (χ3n) is 2.93. The molecule has 1 aromatic heterocycles. The van der Waals surface area contributed by atoms with E-state index in [0.717, 1.165) is 0 Å². The number of ether oxygens (including phenoxy) is 1. The van der Waals surface area contributed by atoms with Crippen LogP contribution in [0.15, 0.2) is 19.9 Å². The maximum Gasteiger partial charge on any atom is 0.330 e. The standard InChI is InChI=1S/C11H13IN2O5/c12-2-1-6-4-14(11(18)13-10(6)17)9-3-7(16)8(5-15)19-9/h1-2,4,7-9,15-16H,3,5H2,(H,13,17,18)/b2-1-/t7-,8+,9?/m0/s1. The van der Waals surface area contributed by atoms with Gasteiger partial charge < -0.3 is 14.9 Å². The number of nitrogens with zero attached hydrogens (tertiary/aromatic N) is 1. The second-order valence-corrected chi connectivity index (χ2v) is 4.88. The third kappa shape index (κ3) is 2.96. The predicted molar refractivity (Wildman–Crippen MR) is 76.0 cm³/mol. The van der Waals surface area contributed by atoms with Crippen LogP contribution < -0.4 is 11.2 Å². The van der Waals surface area contributed by atoms with E-state index < -0.39 is 29.7 Å². The zero-order chi connectivity index (χ0) is 14.0. The summed E-state index contributed by atoms with van der Waals surface area (Å²) in [4.78, 5) is 25.5. The Morgan fingerprint density at radius 3 is 2.89 bits per heavy atom. The molecule has 0 spiro atoms. The van der Waals surface area contributed by atoms with E-state index in [0.29, 0.717) is 5.56 Å². The van der Waals surface area contributed by atoms with Crippen molar-refractivity contribution in [3.05, 3.63) is 36.7 Å². The highest BCUT2D eigenvalue weighted by Gasteiger charge is 2.35. The molecule has 0 amide bonds. The monoisotopic (exact) mass is 380 g/mol. The van der Waals surface area contributed by atoms with Crippen LogP contribution in [0.4, 0.5) is 0 Å². The van der Waals surface area contributed by atoms with E-state index in [2.05, 4.69) is 4.98 Å². The van der Waals surface area contributed by atoms with Gasteiger partial charge in [0.2, 0.25) is 0 Å². The van der Waals surface area contributed by atoms with Gasteiger partial charge in [-0.05, 0) is 10.2 Å². The predicted octanol–water partition coefficient (Wildman–Crippen LogP) is -0.417. The average molecular weight is 380 g/mol. The first kappa shape index (κ1) is 14.4. The van der Waals surface area contributed by atoms with Crippen LogP contribution in [0.5, 0.6) is 0 Å². The average Bonchev–Trinajstić information content (AvgIpc) is 2.74. The van der Waals surface area contributed by atoms with Gasteiger partial charge in [-0.25, -0.2) is 4.79 Å². The van der Waals surface area contributed by atoms with E-state index in [1.807, 2.05) is 22.6 Å². The minimum atomic E-state index is -0.836. The summed E-state index contributed by atoms with van der Waals surface area (Å²) in [6.07, 6.45) is 0.880. The van der Waals surface area contributed by atoms with Crippen molar-refractivity contribution in [2.75, 3.05) is 6.61 Å². The molecule has 2 rings (SSSR count). The lowest BCUT2D eigenvalue weighted by Gasteiger charge is -2.14. The van der Waals surface area contributed by atoms with Crippen molar-refractivity contribution in [3.63, 3.8) is 0 Å².